The van der Waals surface area contributed by atoms with E-state index in [0.717, 1.165) is 11.6 Å². The van der Waals surface area contributed by atoms with Crippen LogP contribution in [0.2, 0.25) is 5.02 Å². The lowest BCUT2D eigenvalue weighted by atomic mass is 10.2. The second kappa shape index (κ2) is 11.8. The van der Waals surface area contributed by atoms with Crippen LogP contribution < -0.4 is 10.6 Å². The maximum Gasteiger partial charge on any atom is 0.338 e. The van der Waals surface area contributed by atoms with Crippen LogP contribution in [0.3, 0.4) is 0 Å². The van der Waals surface area contributed by atoms with Gasteiger partial charge in [-0.3, -0.25) is 10.1 Å². The highest BCUT2D eigenvalue weighted by Gasteiger charge is 2.27. The molecular weight excluding hydrogens is 470 g/mol. The number of hydrogen-bond acceptors (Lipinski definition) is 6. The van der Waals surface area contributed by atoms with Crippen LogP contribution in [0, 0.1) is 0 Å². The highest BCUT2D eigenvalue weighted by atomic mass is 35.5. The Balaban J connectivity index is 2.02. The van der Waals surface area contributed by atoms with Crippen molar-refractivity contribution in [1.82, 2.24) is 14.9 Å². The average molecular weight is 496 g/mol. The first-order chi connectivity index (χ1) is 15.6. The lowest BCUT2D eigenvalue weighted by Gasteiger charge is -2.19. The number of halogens is 1. The molecule has 11 heteroatoms. The molecule has 0 bridgehead atoms. The molecule has 0 radical (unpaired) electrons. The van der Waals surface area contributed by atoms with E-state index in [-0.39, 0.29) is 35.1 Å². The summed E-state index contributed by atoms with van der Waals surface area (Å²) in [4.78, 5) is 36.4. The molecule has 2 N–H and O–H groups in total. The van der Waals surface area contributed by atoms with Crippen molar-refractivity contribution < 1.29 is 27.5 Å². The molecule has 0 saturated heterocycles. The van der Waals surface area contributed by atoms with E-state index in [9.17, 15) is 22.8 Å². The summed E-state index contributed by atoms with van der Waals surface area (Å²) < 4.78 is 31.9. The number of carbonyl (C=O) groups is 3. The molecule has 2 aromatic rings. The van der Waals surface area contributed by atoms with Gasteiger partial charge in [0.25, 0.3) is 5.91 Å². The van der Waals surface area contributed by atoms with E-state index < -0.39 is 34.0 Å². The summed E-state index contributed by atoms with van der Waals surface area (Å²) in [6.07, 6.45) is -1.31. The van der Waals surface area contributed by atoms with Crippen LogP contribution in [0.1, 0.15) is 36.7 Å². The molecule has 1 unspecified atom stereocenters. The summed E-state index contributed by atoms with van der Waals surface area (Å²) in [5.41, 5.74) is 0.746. The van der Waals surface area contributed by atoms with E-state index in [4.69, 9.17) is 16.3 Å². The first-order valence-electron chi connectivity index (χ1n) is 10.2. The lowest BCUT2D eigenvalue weighted by Crippen LogP contribution is -2.44. The molecule has 0 aliphatic carbocycles. The van der Waals surface area contributed by atoms with E-state index in [0.29, 0.717) is 0 Å². The fourth-order valence-corrected chi connectivity index (χ4v) is 4.81. The van der Waals surface area contributed by atoms with Crippen molar-refractivity contribution in [2.75, 3.05) is 13.1 Å². The molecule has 1 atom stereocenters. The summed E-state index contributed by atoms with van der Waals surface area (Å²) in [5.74, 6) is -1.77. The van der Waals surface area contributed by atoms with E-state index >= 15 is 0 Å². The van der Waals surface area contributed by atoms with Crippen molar-refractivity contribution >= 4 is 39.5 Å². The zero-order chi connectivity index (χ0) is 24.6. The number of ether oxygens (including phenoxy) is 1. The number of imide groups is 1. The first-order valence-corrected chi connectivity index (χ1v) is 12.0. The molecule has 178 valence electrons. The number of nitrogens with one attached hydrogen (secondary N) is 2. The Hall–Kier alpha value is -2.95. The molecule has 0 heterocycles. The molecule has 0 saturated carbocycles. The molecule has 2 aromatic carbocycles. The Labute approximate surface area is 198 Å². The molecule has 3 amide bonds. The minimum Gasteiger partial charge on any atom is -0.449 e. The molecule has 0 spiro atoms. The van der Waals surface area contributed by atoms with Gasteiger partial charge >= 0.3 is 12.0 Å². The zero-order valence-electron chi connectivity index (χ0n) is 18.5. The number of sulfonamides is 1. The van der Waals surface area contributed by atoms with Gasteiger partial charge in [0.15, 0.2) is 6.10 Å². The largest absolute Gasteiger partial charge is 0.449 e. The quantitative estimate of drug-likeness (QED) is 0.516. The SMILES string of the molecule is CCN(CC)S(=O)(=O)c1cc(C(=O)OC(C)C(=O)NC(=O)NCc2ccccc2)ccc1Cl. The van der Waals surface area contributed by atoms with Gasteiger partial charge in [-0.1, -0.05) is 55.8 Å². The van der Waals surface area contributed by atoms with E-state index in [1.54, 1.807) is 13.8 Å². The van der Waals surface area contributed by atoms with Crippen molar-refractivity contribution in [3.63, 3.8) is 0 Å². The Morgan fingerprint density at radius 3 is 2.30 bits per heavy atom. The van der Waals surface area contributed by atoms with E-state index in [1.807, 2.05) is 30.3 Å². The number of nitrogens with zero attached hydrogens (tertiary/aromatic N) is 1. The van der Waals surface area contributed by atoms with Gasteiger partial charge in [-0.2, -0.15) is 4.31 Å². The van der Waals surface area contributed by atoms with Gasteiger partial charge in [-0.25, -0.2) is 18.0 Å². The van der Waals surface area contributed by atoms with Crippen molar-refractivity contribution in [2.45, 2.75) is 38.3 Å². The van der Waals surface area contributed by atoms with Gasteiger partial charge in [0.2, 0.25) is 10.0 Å². The minimum absolute atomic E-state index is 0.0423. The number of benzene rings is 2. The molecular formula is C22H26ClN3O6S. The van der Waals surface area contributed by atoms with Crippen LogP contribution in [-0.4, -0.2) is 49.8 Å². The Bertz CT molecular complexity index is 1100. The van der Waals surface area contributed by atoms with Crippen LogP contribution in [0.4, 0.5) is 4.79 Å². The first kappa shape index (κ1) is 26.3. The van der Waals surface area contributed by atoms with Crippen molar-refractivity contribution in [3.8, 4) is 0 Å². The van der Waals surface area contributed by atoms with Gasteiger partial charge in [-0.05, 0) is 30.7 Å². The second-order valence-corrected chi connectivity index (χ2v) is 9.25. The van der Waals surface area contributed by atoms with Crippen LogP contribution in [0.15, 0.2) is 53.4 Å². The lowest BCUT2D eigenvalue weighted by molar-refractivity contribution is -0.127. The predicted octanol–water partition coefficient (Wildman–Crippen LogP) is 2.94. The summed E-state index contributed by atoms with van der Waals surface area (Å²) in [5, 5.41) is 4.57. The maximum atomic E-state index is 12.8. The van der Waals surface area contributed by atoms with Crippen LogP contribution >= 0.6 is 11.6 Å². The summed E-state index contributed by atoms with van der Waals surface area (Å²) >= 11 is 6.06. The van der Waals surface area contributed by atoms with E-state index in [1.165, 1.54) is 23.4 Å². The normalized spacial score (nSPS) is 12.2. The average Bonchev–Trinajstić information content (AvgIpc) is 2.79. The van der Waals surface area contributed by atoms with Crippen molar-refractivity contribution in [3.05, 3.63) is 64.7 Å². The number of esters is 1. The fraction of sp³-hybridized carbons (Fsp3) is 0.318. The third-order valence-corrected chi connectivity index (χ3v) is 7.21. The highest BCUT2D eigenvalue weighted by molar-refractivity contribution is 7.89. The Morgan fingerprint density at radius 2 is 1.70 bits per heavy atom. The van der Waals surface area contributed by atoms with Gasteiger partial charge in [0.05, 0.1) is 10.6 Å². The number of urea groups is 1. The topological polar surface area (TPSA) is 122 Å². The van der Waals surface area contributed by atoms with Crippen LogP contribution in [0.5, 0.6) is 0 Å². The molecule has 9 nitrogen and oxygen atoms in total. The molecule has 2 rings (SSSR count). The molecule has 33 heavy (non-hydrogen) atoms. The molecule has 0 aromatic heterocycles. The Morgan fingerprint density at radius 1 is 1.06 bits per heavy atom. The molecule has 0 fully saturated rings. The number of hydrogen-bond donors (Lipinski definition) is 2. The standard InChI is InChI=1S/C22H26ClN3O6S/c1-4-26(5-2)33(30,31)19-13-17(11-12-18(19)23)21(28)32-15(3)20(27)25-22(29)24-14-16-9-7-6-8-10-16/h6-13,15H,4-5,14H2,1-3H3,(H2,24,25,27,29). The zero-order valence-corrected chi connectivity index (χ0v) is 20.1. The molecule has 0 aliphatic heterocycles. The number of rotatable bonds is 9. The minimum atomic E-state index is -3.92. The maximum absolute atomic E-state index is 12.8. The third kappa shape index (κ3) is 7.01. The van der Waals surface area contributed by atoms with Crippen molar-refractivity contribution in [2.24, 2.45) is 0 Å². The third-order valence-electron chi connectivity index (χ3n) is 4.68. The van der Waals surface area contributed by atoms with Crippen LogP contribution in [0.25, 0.3) is 0 Å². The van der Waals surface area contributed by atoms with Crippen molar-refractivity contribution in [1.29, 1.82) is 0 Å². The summed E-state index contributed by atoms with van der Waals surface area (Å²) in [7, 11) is -3.92. The monoisotopic (exact) mass is 495 g/mol. The predicted molar refractivity (Wildman–Crippen MR) is 123 cm³/mol. The van der Waals surface area contributed by atoms with Gasteiger partial charge < -0.3 is 10.1 Å². The van der Waals surface area contributed by atoms with Gasteiger partial charge in [0, 0.05) is 19.6 Å². The number of carbonyl (C=O) groups excluding carboxylic acids is 3. The summed E-state index contributed by atoms with van der Waals surface area (Å²) in [6, 6.07) is 12.0. The van der Waals surface area contributed by atoms with Gasteiger partial charge in [-0.15, -0.1) is 0 Å². The van der Waals surface area contributed by atoms with Crippen LogP contribution in [-0.2, 0) is 26.1 Å². The smallest absolute Gasteiger partial charge is 0.338 e. The Kier molecular flexibility index (Phi) is 9.39. The molecule has 0 aliphatic rings. The fourth-order valence-electron chi connectivity index (χ4n) is 2.85. The van der Waals surface area contributed by atoms with E-state index in [2.05, 4.69) is 10.6 Å². The highest BCUT2D eigenvalue weighted by Crippen LogP contribution is 2.26. The van der Waals surface area contributed by atoms with Gasteiger partial charge in [0.1, 0.15) is 4.90 Å². The second-order valence-electron chi connectivity index (χ2n) is 6.94. The number of amides is 3. The summed E-state index contributed by atoms with van der Waals surface area (Å²) in [6.45, 7) is 5.33.